The van der Waals surface area contributed by atoms with Gasteiger partial charge in [0.1, 0.15) is 0 Å². The van der Waals surface area contributed by atoms with E-state index in [4.69, 9.17) is 17.3 Å². The van der Waals surface area contributed by atoms with Crippen molar-refractivity contribution in [2.75, 3.05) is 18.5 Å². The molecule has 2 N–H and O–H groups in total. The van der Waals surface area contributed by atoms with Crippen molar-refractivity contribution in [1.82, 2.24) is 0 Å². The number of halogens is 1. The minimum absolute atomic E-state index is 0.0301. The molecule has 0 saturated carbocycles. The summed E-state index contributed by atoms with van der Waals surface area (Å²) in [5, 5.41) is 0.783. The first kappa shape index (κ1) is 14.3. The van der Waals surface area contributed by atoms with E-state index in [1.165, 1.54) is 6.42 Å². The lowest BCUT2D eigenvalue weighted by Crippen LogP contribution is -2.20. The van der Waals surface area contributed by atoms with Crippen molar-refractivity contribution in [3.8, 4) is 0 Å². The molecule has 0 saturated heterocycles. The Labute approximate surface area is 110 Å². The molecule has 96 valence electrons. The fraction of sp³-hybridized carbons (Fsp3) is 0.571. The monoisotopic (exact) mass is 254 g/mol. The van der Waals surface area contributed by atoms with Crippen LogP contribution in [0.5, 0.6) is 0 Å². The second kappa shape index (κ2) is 6.27. The van der Waals surface area contributed by atoms with Crippen LogP contribution in [-0.2, 0) is 0 Å². The zero-order chi connectivity index (χ0) is 13.0. The van der Waals surface area contributed by atoms with E-state index in [9.17, 15) is 0 Å². The molecule has 3 heteroatoms. The third-order valence-electron chi connectivity index (χ3n) is 2.95. The van der Waals surface area contributed by atoms with Crippen LogP contribution < -0.4 is 10.6 Å². The fourth-order valence-corrected chi connectivity index (χ4v) is 2.02. The quantitative estimate of drug-likeness (QED) is 0.865. The van der Waals surface area contributed by atoms with Crippen molar-refractivity contribution in [1.29, 1.82) is 0 Å². The number of hydrogen-bond donors (Lipinski definition) is 1. The summed E-state index contributed by atoms with van der Waals surface area (Å²) in [5.41, 5.74) is 7.99. The molecule has 17 heavy (non-hydrogen) atoms. The highest BCUT2D eigenvalue weighted by Crippen LogP contribution is 2.28. The third-order valence-corrected chi connectivity index (χ3v) is 3.25. The number of nitrogens with two attached hydrogens (primary N) is 1. The lowest BCUT2D eigenvalue weighted by atomic mass is 10.1. The van der Waals surface area contributed by atoms with Crippen LogP contribution >= 0.6 is 11.6 Å². The molecule has 0 unspecified atom stereocenters. The van der Waals surface area contributed by atoms with Crippen LogP contribution in [0.2, 0.25) is 5.02 Å². The lowest BCUT2D eigenvalue weighted by molar-refractivity contribution is 0.585. The smallest absolute Gasteiger partial charge is 0.0642 e. The zero-order valence-electron chi connectivity index (χ0n) is 11.2. The molecular weight excluding hydrogens is 232 g/mol. The van der Waals surface area contributed by atoms with E-state index in [2.05, 4.69) is 37.9 Å². The normalized spacial score (nSPS) is 12.9. The van der Waals surface area contributed by atoms with E-state index < -0.39 is 0 Å². The summed E-state index contributed by atoms with van der Waals surface area (Å²) in [4.78, 5) is 2.20. The molecule has 0 amide bonds. The van der Waals surface area contributed by atoms with Gasteiger partial charge in [-0.1, -0.05) is 31.5 Å². The van der Waals surface area contributed by atoms with Gasteiger partial charge in [0, 0.05) is 19.6 Å². The minimum Gasteiger partial charge on any atom is -0.373 e. The summed E-state index contributed by atoms with van der Waals surface area (Å²) in [5.74, 6) is 0.708. The molecule has 1 aromatic carbocycles. The number of hydrogen-bond acceptors (Lipinski definition) is 2. The SMILES string of the molecule is CC(C)CCN(C)c1ccc([C@H](C)N)cc1Cl. The molecule has 0 aliphatic carbocycles. The van der Waals surface area contributed by atoms with Gasteiger partial charge in [0.05, 0.1) is 10.7 Å². The van der Waals surface area contributed by atoms with Gasteiger partial charge in [0.25, 0.3) is 0 Å². The van der Waals surface area contributed by atoms with Gasteiger partial charge in [0.15, 0.2) is 0 Å². The number of rotatable bonds is 5. The molecule has 0 bridgehead atoms. The highest BCUT2D eigenvalue weighted by Gasteiger charge is 2.09. The maximum atomic E-state index is 6.29. The van der Waals surface area contributed by atoms with Crippen molar-refractivity contribution in [3.05, 3.63) is 28.8 Å². The second-order valence-electron chi connectivity index (χ2n) is 5.10. The van der Waals surface area contributed by atoms with Gasteiger partial charge in [-0.25, -0.2) is 0 Å². The maximum absolute atomic E-state index is 6.29. The largest absolute Gasteiger partial charge is 0.373 e. The molecule has 1 aromatic rings. The average molecular weight is 255 g/mol. The summed E-state index contributed by atoms with van der Waals surface area (Å²) in [6, 6.07) is 6.11. The molecule has 1 rings (SSSR count). The summed E-state index contributed by atoms with van der Waals surface area (Å²) < 4.78 is 0. The number of anilines is 1. The molecule has 0 aromatic heterocycles. The van der Waals surface area contributed by atoms with Crippen LogP contribution in [0.3, 0.4) is 0 Å². The topological polar surface area (TPSA) is 29.3 Å². The van der Waals surface area contributed by atoms with Crippen molar-refractivity contribution in [2.24, 2.45) is 11.7 Å². The molecule has 0 spiro atoms. The van der Waals surface area contributed by atoms with Gasteiger partial charge in [-0.3, -0.25) is 0 Å². The Hall–Kier alpha value is -0.730. The Morgan fingerprint density at radius 2 is 1.94 bits per heavy atom. The molecule has 2 nitrogen and oxygen atoms in total. The van der Waals surface area contributed by atoms with Crippen LogP contribution in [0.4, 0.5) is 5.69 Å². The predicted octanol–water partition coefficient (Wildman–Crippen LogP) is 3.84. The first-order valence-corrected chi connectivity index (χ1v) is 6.55. The Bertz CT molecular complexity index is 361. The van der Waals surface area contributed by atoms with E-state index in [0.29, 0.717) is 5.92 Å². The van der Waals surface area contributed by atoms with E-state index in [1.807, 2.05) is 13.0 Å². The Kier molecular flexibility index (Phi) is 5.29. The van der Waals surface area contributed by atoms with E-state index in [0.717, 1.165) is 22.8 Å². The van der Waals surface area contributed by atoms with Crippen molar-refractivity contribution < 1.29 is 0 Å². The number of nitrogens with zero attached hydrogens (tertiary/aromatic N) is 1. The Morgan fingerprint density at radius 1 is 1.29 bits per heavy atom. The zero-order valence-corrected chi connectivity index (χ0v) is 12.0. The van der Waals surface area contributed by atoms with Gasteiger partial charge < -0.3 is 10.6 Å². The first-order valence-electron chi connectivity index (χ1n) is 6.18. The van der Waals surface area contributed by atoms with Crippen molar-refractivity contribution in [2.45, 2.75) is 33.2 Å². The van der Waals surface area contributed by atoms with Gasteiger partial charge >= 0.3 is 0 Å². The maximum Gasteiger partial charge on any atom is 0.0642 e. The highest BCUT2D eigenvalue weighted by molar-refractivity contribution is 6.33. The highest BCUT2D eigenvalue weighted by atomic mass is 35.5. The molecular formula is C14H23ClN2. The predicted molar refractivity (Wildman–Crippen MR) is 76.8 cm³/mol. The minimum atomic E-state index is 0.0301. The van der Waals surface area contributed by atoms with Crippen LogP contribution in [0, 0.1) is 5.92 Å². The fourth-order valence-electron chi connectivity index (χ4n) is 1.69. The standard InChI is InChI=1S/C14H23ClN2/c1-10(2)7-8-17(4)14-6-5-12(11(3)16)9-13(14)15/h5-6,9-11H,7-8,16H2,1-4H3/t11-/m0/s1. The summed E-state index contributed by atoms with van der Waals surface area (Å²) in [7, 11) is 2.08. The Morgan fingerprint density at radius 3 is 2.41 bits per heavy atom. The van der Waals surface area contributed by atoms with E-state index in [1.54, 1.807) is 0 Å². The van der Waals surface area contributed by atoms with Crippen LogP contribution in [0.15, 0.2) is 18.2 Å². The van der Waals surface area contributed by atoms with Crippen LogP contribution in [0.25, 0.3) is 0 Å². The number of benzene rings is 1. The molecule has 0 fully saturated rings. The van der Waals surface area contributed by atoms with E-state index >= 15 is 0 Å². The molecule has 0 radical (unpaired) electrons. The third kappa shape index (κ3) is 4.21. The van der Waals surface area contributed by atoms with Crippen molar-refractivity contribution >= 4 is 17.3 Å². The van der Waals surface area contributed by atoms with Gasteiger partial charge in [-0.2, -0.15) is 0 Å². The molecule has 0 heterocycles. The molecule has 0 aliphatic heterocycles. The van der Waals surface area contributed by atoms with Crippen LogP contribution in [0.1, 0.15) is 38.8 Å². The second-order valence-corrected chi connectivity index (χ2v) is 5.51. The molecule has 0 aliphatic rings. The first-order chi connectivity index (χ1) is 7.91. The van der Waals surface area contributed by atoms with Gasteiger partial charge in [-0.05, 0) is 37.0 Å². The van der Waals surface area contributed by atoms with E-state index in [-0.39, 0.29) is 6.04 Å². The van der Waals surface area contributed by atoms with Crippen molar-refractivity contribution in [3.63, 3.8) is 0 Å². The molecule has 1 atom stereocenters. The van der Waals surface area contributed by atoms with Crippen LogP contribution in [-0.4, -0.2) is 13.6 Å². The summed E-state index contributed by atoms with van der Waals surface area (Å²) in [6.45, 7) is 7.45. The Balaban J connectivity index is 2.77. The average Bonchev–Trinajstić information content (AvgIpc) is 2.25. The summed E-state index contributed by atoms with van der Waals surface area (Å²) in [6.07, 6.45) is 1.17. The van der Waals surface area contributed by atoms with Gasteiger partial charge in [-0.15, -0.1) is 0 Å². The van der Waals surface area contributed by atoms with Gasteiger partial charge in [0.2, 0.25) is 0 Å². The summed E-state index contributed by atoms with van der Waals surface area (Å²) >= 11 is 6.29. The lowest BCUT2D eigenvalue weighted by Gasteiger charge is -2.22.